The average Bonchev–Trinajstić information content (AvgIpc) is 3.60. The van der Waals surface area contributed by atoms with Gasteiger partial charge in [0.25, 0.3) is 8.07 Å². The molecule has 6 aromatic rings. The second-order valence-corrected chi connectivity index (χ2v) is 12.6. The fourth-order valence-corrected chi connectivity index (χ4v) is 10.7. The molecule has 0 saturated heterocycles. The maximum absolute atomic E-state index is 6.54. The Morgan fingerprint density at radius 2 is 1.45 bits per heavy atom. The molecule has 0 spiro atoms. The molecule has 6 heteroatoms. The van der Waals surface area contributed by atoms with Crippen molar-refractivity contribution in [3.8, 4) is 11.5 Å². The summed E-state index contributed by atoms with van der Waals surface area (Å²) in [7, 11) is -2.89. The average molecular weight is 462 g/mol. The van der Waals surface area contributed by atoms with Gasteiger partial charge in [-0.2, -0.15) is 11.3 Å². The lowest BCUT2D eigenvalue weighted by Crippen LogP contribution is -2.74. The predicted octanol–water partition coefficient (Wildman–Crippen LogP) is 3.72. The van der Waals surface area contributed by atoms with Crippen LogP contribution in [0.1, 0.15) is 0 Å². The summed E-state index contributed by atoms with van der Waals surface area (Å²) < 4.78 is 7.79. The van der Waals surface area contributed by atoms with Crippen LogP contribution in [-0.2, 0) is 0 Å². The first kappa shape index (κ1) is 19.8. The van der Waals surface area contributed by atoms with Crippen molar-refractivity contribution in [2.45, 2.75) is 0 Å². The Morgan fingerprint density at radius 1 is 0.697 bits per heavy atom. The summed E-state index contributed by atoms with van der Waals surface area (Å²) in [4.78, 5) is 4.64. The summed E-state index contributed by atoms with van der Waals surface area (Å²) in [5, 5.41) is 14.8. The lowest BCUT2D eigenvalue weighted by atomic mass is 10.2. The highest BCUT2D eigenvalue weighted by atomic mass is 32.1. The van der Waals surface area contributed by atoms with Gasteiger partial charge in [0.1, 0.15) is 0 Å². The van der Waals surface area contributed by atoms with Gasteiger partial charge in [-0.3, -0.25) is 4.98 Å². The van der Waals surface area contributed by atoms with Crippen LogP contribution < -0.4 is 20.4 Å². The van der Waals surface area contributed by atoms with E-state index in [0.717, 1.165) is 16.5 Å². The molecule has 33 heavy (non-hydrogen) atoms. The Bertz CT molecular complexity index is 1510. The lowest BCUT2D eigenvalue weighted by molar-refractivity contribution is 0.602. The highest BCUT2D eigenvalue weighted by Crippen LogP contribution is 2.20. The zero-order chi connectivity index (χ0) is 22.1. The molecule has 4 nitrogen and oxygen atoms in total. The molecule has 1 atom stereocenters. The van der Waals surface area contributed by atoms with Gasteiger partial charge in [-0.25, -0.2) is 0 Å². The molecule has 3 heterocycles. The van der Waals surface area contributed by atoms with Crippen LogP contribution in [0, 0.1) is 0 Å². The van der Waals surface area contributed by atoms with Crippen molar-refractivity contribution in [3.63, 3.8) is 0 Å². The van der Waals surface area contributed by atoms with Gasteiger partial charge >= 0.3 is 0 Å². The standard InChI is InChI=1S/C27H19N3OSSi/c1-3-10-20(11-4-1)26-29-30-27(31-26)33(25-16-9-19-32-25,21-12-5-2-6-13-21)24-17-18-28-23-15-8-7-14-22(23)24/h1-19H. The summed E-state index contributed by atoms with van der Waals surface area (Å²) in [6.45, 7) is 0. The van der Waals surface area contributed by atoms with E-state index >= 15 is 0 Å². The Kier molecular flexibility index (Phi) is 4.94. The molecule has 0 saturated carbocycles. The molecule has 0 amide bonds. The molecule has 0 aliphatic rings. The maximum atomic E-state index is 6.54. The van der Waals surface area contributed by atoms with Crippen molar-refractivity contribution < 1.29 is 4.42 Å². The lowest BCUT2D eigenvalue weighted by Gasteiger charge is -2.29. The van der Waals surface area contributed by atoms with Crippen molar-refractivity contribution in [1.82, 2.24) is 15.2 Å². The first-order valence-corrected chi connectivity index (χ1v) is 13.6. The van der Waals surface area contributed by atoms with Gasteiger partial charge in [0, 0.05) is 21.6 Å². The van der Waals surface area contributed by atoms with E-state index in [1.807, 2.05) is 48.7 Å². The fraction of sp³-hybridized carbons (Fsp3) is 0. The first-order valence-electron chi connectivity index (χ1n) is 10.7. The monoisotopic (exact) mass is 461 g/mol. The minimum absolute atomic E-state index is 0.535. The largest absolute Gasteiger partial charge is 0.424 e. The summed E-state index contributed by atoms with van der Waals surface area (Å²) in [6.07, 6.45) is 1.89. The molecule has 158 valence electrons. The fourth-order valence-electron chi connectivity index (χ4n) is 4.45. The Morgan fingerprint density at radius 3 is 2.24 bits per heavy atom. The van der Waals surface area contributed by atoms with E-state index in [0.29, 0.717) is 11.4 Å². The molecule has 0 aliphatic heterocycles. The molecule has 0 N–H and O–H groups in total. The van der Waals surface area contributed by atoms with E-state index in [-0.39, 0.29) is 0 Å². The molecular formula is C27H19N3OSSi. The summed E-state index contributed by atoms with van der Waals surface area (Å²) in [5.41, 5.74) is 2.55. The second-order valence-electron chi connectivity index (χ2n) is 7.75. The first-order chi connectivity index (χ1) is 16.4. The van der Waals surface area contributed by atoms with Crippen molar-refractivity contribution >= 4 is 50.7 Å². The Balaban J connectivity index is 1.72. The number of rotatable bonds is 5. The highest BCUT2D eigenvalue weighted by Gasteiger charge is 2.49. The third kappa shape index (κ3) is 3.23. The smallest absolute Gasteiger partial charge is 0.261 e. The molecule has 3 aromatic heterocycles. The number of aromatic nitrogens is 3. The molecule has 0 fully saturated rings. The van der Waals surface area contributed by atoms with E-state index < -0.39 is 8.07 Å². The zero-order valence-electron chi connectivity index (χ0n) is 17.6. The van der Waals surface area contributed by atoms with Gasteiger partial charge in [0.15, 0.2) is 0 Å². The van der Waals surface area contributed by atoms with E-state index in [9.17, 15) is 0 Å². The zero-order valence-corrected chi connectivity index (χ0v) is 19.4. The third-order valence-electron chi connectivity index (χ3n) is 5.92. The molecule has 0 radical (unpaired) electrons. The number of hydrogen-bond acceptors (Lipinski definition) is 5. The summed E-state index contributed by atoms with van der Waals surface area (Å²) in [5.74, 6) is 0.535. The quantitative estimate of drug-likeness (QED) is 0.367. The molecule has 0 aliphatic carbocycles. The molecule has 6 rings (SSSR count). The van der Waals surface area contributed by atoms with Crippen LogP contribution in [-0.4, -0.2) is 23.3 Å². The van der Waals surface area contributed by atoms with Gasteiger partial charge in [0.05, 0.1) is 5.52 Å². The van der Waals surface area contributed by atoms with Crippen LogP contribution in [0.2, 0.25) is 0 Å². The van der Waals surface area contributed by atoms with E-state index in [4.69, 9.17) is 9.52 Å². The van der Waals surface area contributed by atoms with Crippen LogP contribution in [0.5, 0.6) is 0 Å². The Hall–Kier alpha value is -3.87. The minimum Gasteiger partial charge on any atom is -0.424 e. The predicted molar refractivity (Wildman–Crippen MR) is 137 cm³/mol. The van der Waals surface area contributed by atoms with Crippen LogP contribution in [0.4, 0.5) is 0 Å². The van der Waals surface area contributed by atoms with E-state index in [1.165, 1.54) is 14.9 Å². The van der Waals surface area contributed by atoms with Gasteiger partial charge in [0.2, 0.25) is 11.4 Å². The van der Waals surface area contributed by atoms with Crippen LogP contribution in [0.25, 0.3) is 22.4 Å². The van der Waals surface area contributed by atoms with Crippen molar-refractivity contribution in [2.75, 3.05) is 0 Å². The number of fused-ring (bicyclic) bond motifs is 1. The molecular weight excluding hydrogens is 442 g/mol. The number of pyridine rings is 1. The number of nitrogens with zero attached hydrogens (tertiary/aromatic N) is 3. The summed E-state index contributed by atoms with van der Waals surface area (Å²) in [6, 6.07) is 35.3. The van der Waals surface area contributed by atoms with Crippen molar-refractivity contribution in [2.24, 2.45) is 0 Å². The van der Waals surface area contributed by atoms with Crippen molar-refractivity contribution in [3.05, 3.63) is 115 Å². The van der Waals surface area contributed by atoms with E-state index in [2.05, 4.69) is 76.1 Å². The number of para-hydroxylation sites is 1. The van der Waals surface area contributed by atoms with Gasteiger partial charge in [-0.1, -0.05) is 78.9 Å². The summed E-state index contributed by atoms with van der Waals surface area (Å²) >= 11 is 1.74. The number of thiophene rings is 1. The Labute approximate surface area is 196 Å². The molecule has 3 aromatic carbocycles. The SMILES string of the molecule is c1ccc(-c2nnc([Si](c3ccccc3)(c3cccs3)c3ccnc4ccccc34)o2)cc1. The van der Waals surface area contributed by atoms with E-state index in [1.54, 1.807) is 11.3 Å². The third-order valence-corrected chi connectivity index (χ3v) is 12.1. The molecule has 0 bridgehead atoms. The number of benzene rings is 3. The molecule has 1 unspecified atom stereocenters. The van der Waals surface area contributed by atoms with Crippen LogP contribution in [0.15, 0.2) is 119 Å². The van der Waals surface area contributed by atoms with Crippen molar-refractivity contribution in [1.29, 1.82) is 0 Å². The minimum atomic E-state index is -2.89. The normalized spacial score (nSPS) is 13.1. The van der Waals surface area contributed by atoms with Gasteiger partial charge < -0.3 is 4.42 Å². The maximum Gasteiger partial charge on any atom is 0.261 e. The highest BCUT2D eigenvalue weighted by molar-refractivity contribution is 7.35. The van der Waals surface area contributed by atoms with Crippen LogP contribution >= 0.6 is 11.3 Å². The second kappa shape index (κ2) is 8.24. The van der Waals surface area contributed by atoms with Gasteiger partial charge in [-0.15, -0.1) is 10.2 Å². The topological polar surface area (TPSA) is 51.8 Å². The van der Waals surface area contributed by atoms with Gasteiger partial charge in [-0.05, 0) is 40.0 Å². The van der Waals surface area contributed by atoms with Crippen LogP contribution in [0.3, 0.4) is 0 Å². The number of hydrogen-bond donors (Lipinski definition) is 0.